The van der Waals surface area contributed by atoms with Gasteiger partial charge in [-0.15, -0.1) is 0 Å². The van der Waals surface area contributed by atoms with E-state index in [-0.39, 0.29) is 0 Å². The summed E-state index contributed by atoms with van der Waals surface area (Å²) >= 11 is 4.09. The maximum absolute atomic E-state index is 5.00. The minimum atomic E-state index is 0.627. The smallest absolute Gasteiger partial charge is 0.213 e. The van der Waals surface area contributed by atoms with E-state index >= 15 is 0 Å². The zero-order valence-electron chi connectivity index (χ0n) is 8.37. The number of aromatic nitrogens is 1. The maximum atomic E-state index is 5.00. The molecule has 0 amide bonds. The van der Waals surface area contributed by atoms with E-state index in [0.717, 1.165) is 23.4 Å². The summed E-state index contributed by atoms with van der Waals surface area (Å²) in [6.45, 7) is 1.92. The number of hydrogen-bond donors (Lipinski definition) is 1. The van der Waals surface area contributed by atoms with Crippen LogP contribution in [0.15, 0.2) is 12.1 Å². The van der Waals surface area contributed by atoms with E-state index in [4.69, 9.17) is 4.74 Å². The fourth-order valence-electron chi connectivity index (χ4n) is 0.997. The lowest BCUT2D eigenvalue weighted by Gasteiger charge is -2.00. The minimum Gasteiger partial charge on any atom is -0.481 e. The molecule has 0 radical (unpaired) electrons. The predicted octanol–water partition coefficient (Wildman–Crippen LogP) is 2.07. The zero-order chi connectivity index (χ0) is 10.4. The first-order valence-corrected chi connectivity index (χ1v) is 5.02. The highest BCUT2D eigenvalue weighted by Crippen LogP contribution is 2.10. The Bertz CT molecular complexity index is 365. The lowest BCUT2D eigenvalue weighted by Crippen LogP contribution is -1.92. The quantitative estimate of drug-likeness (QED) is 0.592. The molecule has 0 aliphatic rings. The van der Waals surface area contributed by atoms with Crippen molar-refractivity contribution in [2.24, 2.45) is 0 Å². The van der Waals surface area contributed by atoms with Gasteiger partial charge < -0.3 is 4.74 Å². The van der Waals surface area contributed by atoms with Crippen molar-refractivity contribution >= 4 is 12.6 Å². The third-order valence-corrected chi connectivity index (χ3v) is 1.95. The van der Waals surface area contributed by atoms with E-state index in [9.17, 15) is 0 Å². The predicted molar refractivity (Wildman–Crippen MR) is 60.9 cm³/mol. The van der Waals surface area contributed by atoms with E-state index < -0.39 is 0 Å². The summed E-state index contributed by atoms with van der Waals surface area (Å²) in [6.07, 6.45) is 0.800. The highest BCUT2D eigenvalue weighted by Gasteiger charge is 1.97. The van der Waals surface area contributed by atoms with Gasteiger partial charge in [0.1, 0.15) is 0 Å². The third-order valence-electron chi connectivity index (χ3n) is 1.73. The van der Waals surface area contributed by atoms with Crippen molar-refractivity contribution in [2.45, 2.75) is 13.3 Å². The van der Waals surface area contributed by atoms with Gasteiger partial charge in [-0.25, -0.2) is 4.98 Å². The van der Waals surface area contributed by atoms with Gasteiger partial charge in [-0.2, -0.15) is 12.6 Å². The van der Waals surface area contributed by atoms with Crippen molar-refractivity contribution in [2.75, 3.05) is 12.9 Å². The highest BCUT2D eigenvalue weighted by atomic mass is 32.1. The summed E-state index contributed by atoms with van der Waals surface area (Å²) in [5, 5.41) is 0. The molecule has 1 aromatic heterocycles. The van der Waals surface area contributed by atoms with Crippen molar-refractivity contribution in [1.82, 2.24) is 4.98 Å². The summed E-state index contributed by atoms with van der Waals surface area (Å²) < 4.78 is 5.00. The summed E-state index contributed by atoms with van der Waals surface area (Å²) in [6, 6.07) is 3.74. The number of aryl methyl sites for hydroxylation is 1. The third kappa shape index (κ3) is 2.97. The van der Waals surface area contributed by atoms with Gasteiger partial charge in [0.25, 0.3) is 0 Å². The molecule has 74 valence electrons. The fraction of sp³-hybridized carbons (Fsp3) is 0.364. The molecule has 0 N–H and O–H groups in total. The molecule has 0 saturated carbocycles. The number of methoxy groups -OCH3 is 1. The van der Waals surface area contributed by atoms with Crippen LogP contribution in [0.1, 0.15) is 17.7 Å². The Morgan fingerprint density at radius 3 is 2.86 bits per heavy atom. The van der Waals surface area contributed by atoms with E-state index in [2.05, 4.69) is 29.5 Å². The second kappa shape index (κ2) is 5.56. The van der Waals surface area contributed by atoms with Crippen LogP contribution in [-0.2, 0) is 0 Å². The monoisotopic (exact) mass is 207 g/mol. The van der Waals surface area contributed by atoms with Crippen molar-refractivity contribution < 1.29 is 4.74 Å². The topological polar surface area (TPSA) is 22.1 Å². The molecule has 1 rings (SSSR count). The Morgan fingerprint density at radius 1 is 1.50 bits per heavy atom. The lowest BCUT2D eigenvalue weighted by molar-refractivity contribution is 0.397. The van der Waals surface area contributed by atoms with Crippen molar-refractivity contribution in [3.63, 3.8) is 0 Å². The molecule has 0 fully saturated rings. The molecule has 0 aromatic carbocycles. The van der Waals surface area contributed by atoms with Gasteiger partial charge in [0, 0.05) is 23.8 Å². The largest absolute Gasteiger partial charge is 0.481 e. The Hall–Kier alpha value is -1.14. The number of pyridine rings is 1. The first-order valence-electron chi connectivity index (χ1n) is 4.39. The van der Waals surface area contributed by atoms with Gasteiger partial charge >= 0.3 is 0 Å². The van der Waals surface area contributed by atoms with Gasteiger partial charge in [0.2, 0.25) is 5.88 Å². The van der Waals surface area contributed by atoms with Crippen molar-refractivity contribution in [1.29, 1.82) is 0 Å². The summed E-state index contributed by atoms with van der Waals surface area (Å²) in [4.78, 5) is 4.23. The summed E-state index contributed by atoms with van der Waals surface area (Å²) in [5.41, 5.74) is 1.85. The lowest BCUT2D eigenvalue weighted by atomic mass is 10.2. The van der Waals surface area contributed by atoms with E-state index in [1.807, 2.05) is 19.1 Å². The van der Waals surface area contributed by atoms with E-state index in [1.165, 1.54) is 0 Å². The molecule has 1 heterocycles. The summed E-state index contributed by atoms with van der Waals surface area (Å²) in [5.74, 6) is 7.49. The van der Waals surface area contributed by atoms with Crippen LogP contribution >= 0.6 is 12.6 Å². The Labute approximate surface area is 90.1 Å². The van der Waals surface area contributed by atoms with Crippen LogP contribution in [0.2, 0.25) is 0 Å². The van der Waals surface area contributed by atoms with Gasteiger partial charge in [-0.05, 0) is 13.0 Å². The molecular formula is C11H13NOS. The number of rotatable bonds is 2. The van der Waals surface area contributed by atoms with E-state index in [1.54, 1.807) is 7.11 Å². The minimum absolute atomic E-state index is 0.627. The molecule has 0 bridgehead atoms. The van der Waals surface area contributed by atoms with Crippen LogP contribution in [0.25, 0.3) is 0 Å². The Kier molecular flexibility index (Phi) is 4.34. The number of ether oxygens (including phenoxy) is 1. The molecule has 0 aliphatic heterocycles. The van der Waals surface area contributed by atoms with Gasteiger partial charge in [-0.1, -0.05) is 11.8 Å². The average molecular weight is 207 g/mol. The molecule has 0 spiro atoms. The molecule has 2 nitrogen and oxygen atoms in total. The summed E-state index contributed by atoms with van der Waals surface area (Å²) in [7, 11) is 1.61. The molecule has 0 unspecified atom stereocenters. The fourth-order valence-corrected chi connectivity index (χ4v) is 1.11. The molecular weight excluding hydrogens is 194 g/mol. The molecule has 3 heteroatoms. The van der Waals surface area contributed by atoms with Crippen molar-refractivity contribution in [3.05, 3.63) is 23.4 Å². The Balaban J connectivity index is 2.85. The number of hydrogen-bond acceptors (Lipinski definition) is 3. The van der Waals surface area contributed by atoms with E-state index in [0.29, 0.717) is 5.88 Å². The highest BCUT2D eigenvalue weighted by molar-refractivity contribution is 7.80. The SMILES string of the molecule is COc1ccc(C#CCCS)c(C)n1. The second-order valence-electron chi connectivity index (χ2n) is 2.76. The second-order valence-corrected chi connectivity index (χ2v) is 3.21. The van der Waals surface area contributed by atoms with Crippen LogP contribution in [0.3, 0.4) is 0 Å². The number of nitrogens with zero attached hydrogens (tertiary/aromatic N) is 1. The number of thiol groups is 1. The molecule has 0 aliphatic carbocycles. The first kappa shape index (κ1) is 10.9. The molecule has 1 aromatic rings. The van der Waals surface area contributed by atoms with Crippen LogP contribution in [0.4, 0.5) is 0 Å². The molecule has 0 saturated heterocycles. The van der Waals surface area contributed by atoms with Crippen molar-refractivity contribution in [3.8, 4) is 17.7 Å². The van der Waals surface area contributed by atoms with Gasteiger partial charge in [-0.3, -0.25) is 0 Å². The standard InChI is InChI=1S/C11H13NOS/c1-9-10(5-3-4-8-14)6-7-11(12-9)13-2/h6-7,14H,4,8H2,1-2H3. The zero-order valence-corrected chi connectivity index (χ0v) is 9.27. The van der Waals surface area contributed by atoms with Gasteiger partial charge in [0.05, 0.1) is 12.8 Å². The Morgan fingerprint density at radius 2 is 2.29 bits per heavy atom. The maximum Gasteiger partial charge on any atom is 0.213 e. The van der Waals surface area contributed by atoms with Crippen LogP contribution < -0.4 is 4.74 Å². The van der Waals surface area contributed by atoms with Crippen LogP contribution in [0, 0.1) is 18.8 Å². The van der Waals surface area contributed by atoms with Crippen LogP contribution in [0.5, 0.6) is 5.88 Å². The average Bonchev–Trinajstić information content (AvgIpc) is 2.20. The molecule has 0 atom stereocenters. The van der Waals surface area contributed by atoms with Crippen LogP contribution in [-0.4, -0.2) is 17.8 Å². The van der Waals surface area contributed by atoms with Gasteiger partial charge in [0.15, 0.2) is 0 Å². The molecule has 14 heavy (non-hydrogen) atoms. The normalized spacial score (nSPS) is 9.07. The first-order chi connectivity index (χ1) is 6.77.